The number of aryl methyl sites for hydroxylation is 1. The van der Waals surface area contributed by atoms with Gasteiger partial charge in [-0.1, -0.05) is 42.0 Å². The minimum absolute atomic E-state index is 0.0658. The van der Waals surface area contributed by atoms with Crippen LogP contribution in [0.1, 0.15) is 36.6 Å². The molecule has 0 unspecified atom stereocenters. The highest BCUT2D eigenvalue weighted by atomic mass is 16.5. The summed E-state index contributed by atoms with van der Waals surface area (Å²) in [4.78, 5) is 35.7. The lowest BCUT2D eigenvalue weighted by molar-refractivity contribution is 0.0463. The molecule has 0 bridgehead atoms. The molecule has 5 nitrogen and oxygen atoms in total. The van der Waals surface area contributed by atoms with E-state index in [0.29, 0.717) is 5.56 Å². The Morgan fingerprint density at radius 3 is 2.00 bits per heavy atom. The molecule has 0 atom stereocenters. The number of esters is 2. The van der Waals surface area contributed by atoms with Crippen molar-refractivity contribution in [3.05, 3.63) is 70.8 Å². The topological polar surface area (TPSA) is 69.7 Å². The molecule has 0 saturated carbocycles. The number of benzene rings is 2. The molecule has 0 fully saturated rings. The zero-order chi connectivity index (χ0) is 16.8. The smallest absolute Gasteiger partial charge is 0.339 e. The van der Waals surface area contributed by atoms with Crippen LogP contribution in [-0.4, -0.2) is 31.4 Å². The van der Waals surface area contributed by atoms with Gasteiger partial charge in [0, 0.05) is 5.56 Å². The van der Waals surface area contributed by atoms with Crippen LogP contribution >= 0.6 is 0 Å². The van der Waals surface area contributed by atoms with Crippen molar-refractivity contribution in [3.63, 3.8) is 0 Å². The number of hydrogen-bond acceptors (Lipinski definition) is 5. The van der Waals surface area contributed by atoms with E-state index in [9.17, 15) is 14.4 Å². The minimum atomic E-state index is -0.744. The fourth-order valence-corrected chi connectivity index (χ4v) is 1.98. The van der Waals surface area contributed by atoms with E-state index in [-0.39, 0.29) is 16.9 Å². The lowest BCUT2D eigenvalue weighted by atomic mass is 10.1. The Morgan fingerprint density at radius 2 is 1.43 bits per heavy atom. The van der Waals surface area contributed by atoms with Crippen LogP contribution < -0.4 is 0 Å². The van der Waals surface area contributed by atoms with E-state index in [0.717, 1.165) is 5.56 Å². The third-order valence-corrected chi connectivity index (χ3v) is 3.26. The maximum Gasteiger partial charge on any atom is 0.339 e. The molecular formula is C18H16O5. The van der Waals surface area contributed by atoms with Crippen molar-refractivity contribution in [2.24, 2.45) is 0 Å². The quantitative estimate of drug-likeness (QED) is 0.627. The fourth-order valence-electron chi connectivity index (χ4n) is 1.98. The Bertz CT molecular complexity index is 731. The van der Waals surface area contributed by atoms with Crippen LogP contribution in [0.3, 0.4) is 0 Å². The van der Waals surface area contributed by atoms with Crippen LogP contribution in [0, 0.1) is 6.92 Å². The van der Waals surface area contributed by atoms with E-state index >= 15 is 0 Å². The first-order valence-corrected chi connectivity index (χ1v) is 6.97. The summed E-state index contributed by atoms with van der Waals surface area (Å²) < 4.78 is 9.63. The molecule has 2 aromatic rings. The average Bonchev–Trinajstić information content (AvgIpc) is 2.59. The molecule has 0 aromatic heterocycles. The number of hydrogen-bond donors (Lipinski definition) is 0. The molecule has 0 aliphatic carbocycles. The summed E-state index contributed by atoms with van der Waals surface area (Å²) >= 11 is 0. The molecule has 2 aromatic carbocycles. The Hall–Kier alpha value is -2.95. The predicted molar refractivity (Wildman–Crippen MR) is 83.6 cm³/mol. The molecule has 118 valence electrons. The van der Waals surface area contributed by atoms with Crippen molar-refractivity contribution in [1.82, 2.24) is 0 Å². The molecule has 0 radical (unpaired) electrons. The summed E-state index contributed by atoms with van der Waals surface area (Å²) in [7, 11) is 1.23. The van der Waals surface area contributed by atoms with Crippen LogP contribution in [0.2, 0.25) is 0 Å². The van der Waals surface area contributed by atoms with Crippen molar-refractivity contribution in [3.8, 4) is 0 Å². The maximum absolute atomic E-state index is 12.1. The lowest BCUT2D eigenvalue weighted by Crippen LogP contribution is -2.17. The number of Topliss-reactive ketones (excluding diaryl/α,β-unsaturated/α-hetero) is 1. The van der Waals surface area contributed by atoms with Gasteiger partial charge >= 0.3 is 11.9 Å². The van der Waals surface area contributed by atoms with Gasteiger partial charge in [-0.05, 0) is 19.1 Å². The molecule has 0 aliphatic rings. The Labute approximate surface area is 133 Å². The Balaban J connectivity index is 2.07. The fraction of sp³-hybridized carbons (Fsp3) is 0.167. The second-order valence-electron chi connectivity index (χ2n) is 4.90. The Morgan fingerprint density at radius 1 is 0.870 bits per heavy atom. The maximum atomic E-state index is 12.1. The van der Waals surface area contributed by atoms with Gasteiger partial charge in [-0.3, -0.25) is 4.79 Å². The van der Waals surface area contributed by atoms with Crippen molar-refractivity contribution in [2.45, 2.75) is 6.92 Å². The summed E-state index contributed by atoms with van der Waals surface area (Å²) in [5, 5.41) is 0. The molecular weight excluding hydrogens is 296 g/mol. The largest absolute Gasteiger partial charge is 0.465 e. The second-order valence-corrected chi connectivity index (χ2v) is 4.90. The first-order chi connectivity index (χ1) is 11.0. The van der Waals surface area contributed by atoms with Crippen LogP contribution in [-0.2, 0) is 9.47 Å². The normalized spacial score (nSPS) is 10.0. The first-order valence-electron chi connectivity index (χ1n) is 6.97. The Kier molecular flexibility index (Phi) is 5.25. The number of ketones is 1. The number of carbonyl (C=O) groups excluding carboxylic acids is 3. The van der Waals surface area contributed by atoms with Crippen molar-refractivity contribution >= 4 is 17.7 Å². The highest BCUT2D eigenvalue weighted by molar-refractivity contribution is 6.04. The molecule has 0 N–H and O–H groups in total. The molecule has 2 rings (SSSR count). The predicted octanol–water partition coefficient (Wildman–Crippen LogP) is 2.82. The van der Waals surface area contributed by atoms with Crippen molar-refractivity contribution in [2.75, 3.05) is 13.7 Å². The average molecular weight is 312 g/mol. The van der Waals surface area contributed by atoms with E-state index < -0.39 is 18.5 Å². The van der Waals surface area contributed by atoms with Gasteiger partial charge in [0.25, 0.3) is 0 Å². The highest BCUT2D eigenvalue weighted by Gasteiger charge is 2.19. The third-order valence-electron chi connectivity index (χ3n) is 3.26. The SMILES string of the molecule is COC(=O)c1ccccc1C(=O)OCC(=O)c1ccc(C)cc1. The monoisotopic (exact) mass is 312 g/mol. The molecule has 0 saturated heterocycles. The van der Waals surface area contributed by atoms with Gasteiger partial charge in [0.1, 0.15) is 0 Å². The number of carbonyl (C=O) groups is 3. The van der Waals surface area contributed by atoms with Crippen LogP contribution in [0.4, 0.5) is 0 Å². The van der Waals surface area contributed by atoms with Gasteiger partial charge in [0.05, 0.1) is 18.2 Å². The second kappa shape index (κ2) is 7.35. The summed E-state index contributed by atoms with van der Waals surface area (Å²) in [5.74, 6) is -1.69. The summed E-state index contributed by atoms with van der Waals surface area (Å²) in [6.45, 7) is 1.52. The standard InChI is InChI=1S/C18H16O5/c1-12-7-9-13(10-8-12)16(19)11-23-18(21)15-6-4-3-5-14(15)17(20)22-2/h3-10H,11H2,1-2H3. The van der Waals surface area contributed by atoms with Gasteiger partial charge in [-0.15, -0.1) is 0 Å². The number of rotatable bonds is 5. The zero-order valence-corrected chi connectivity index (χ0v) is 12.9. The number of ether oxygens (including phenoxy) is 2. The molecule has 0 spiro atoms. The van der Waals surface area contributed by atoms with Gasteiger partial charge in [0.15, 0.2) is 12.4 Å². The molecule has 23 heavy (non-hydrogen) atoms. The highest BCUT2D eigenvalue weighted by Crippen LogP contribution is 2.12. The lowest BCUT2D eigenvalue weighted by Gasteiger charge is -2.08. The first kappa shape index (κ1) is 16.4. The van der Waals surface area contributed by atoms with E-state index in [1.54, 1.807) is 24.3 Å². The molecule has 0 amide bonds. The third kappa shape index (κ3) is 4.03. The molecule has 0 aliphatic heterocycles. The van der Waals surface area contributed by atoms with E-state index in [4.69, 9.17) is 4.74 Å². The molecule has 0 heterocycles. The van der Waals surface area contributed by atoms with Crippen LogP contribution in [0.15, 0.2) is 48.5 Å². The van der Waals surface area contributed by atoms with Crippen LogP contribution in [0.25, 0.3) is 0 Å². The van der Waals surface area contributed by atoms with Gasteiger partial charge < -0.3 is 9.47 Å². The zero-order valence-electron chi connectivity index (χ0n) is 12.9. The van der Waals surface area contributed by atoms with E-state index in [1.807, 2.05) is 19.1 Å². The number of methoxy groups -OCH3 is 1. The summed E-state index contributed by atoms with van der Waals surface area (Å²) in [6.07, 6.45) is 0. The van der Waals surface area contributed by atoms with E-state index in [2.05, 4.69) is 4.74 Å². The van der Waals surface area contributed by atoms with Gasteiger partial charge in [0.2, 0.25) is 0 Å². The summed E-state index contributed by atoms with van der Waals surface area (Å²) in [6, 6.07) is 13.1. The summed E-state index contributed by atoms with van der Waals surface area (Å²) in [5.41, 5.74) is 1.66. The van der Waals surface area contributed by atoms with Gasteiger partial charge in [-0.2, -0.15) is 0 Å². The van der Waals surface area contributed by atoms with Crippen molar-refractivity contribution < 1.29 is 23.9 Å². The van der Waals surface area contributed by atoms with Gasteiger partial charge in [-0.25, -0.2) is 9.59 Å². The van der Waals surface area contributed by atoms with E-state index in [1.165, 1.54) is 19.2 Å². The molecule has 5 heteroatoms. The minimum Gasteiger partial charge on any atom is -0.465 e. The van der Waals surface area contributed by atoms with Crippen LogP contribution in [0.5, 0.6) is 0 Å². The van der Waals surface area contributed by atoms with Crippen molar-refractivity contribution in [1.29, 1.82) is 0 Å².